The third-order valence-corrected chi connectivity index (χ3v) is 3.92. The van der Waals surface area contributed by atoms with Crippen LogP contribution in [0.3, 0.4) is 0 Å². The van der Waals surface area contributed by atoms with Crippen molar-refractivity contribution in [3.63, 3.8) is 0 Å². The molecule has 1 saturated heterocycles. The summed E-state index contributed by atoms with van der Waals surface area (Å²) in [5.74, 6) is 0.793. The maximum absolute atomic E-state index is 12.5. The lowest BCUT2D eigenvalue weighted by atomic mass is 10.2. The van der Waals surface area contributed by atoms with Gasteiger partial charge >= 0.3 is 6.18 Å². The molecule has 0 N–H and O–H groups in total. The molecule has 0 atom stereocenters. The molecule has 1 heterocycles. The molecule has 0 amide bonds. The Labute approximate surface area is 127 Å². The second-order valence-electron chi connectivity index (χ2n) is 4.33. The largest absolute Gasteiger partial charge is 0.416 e. The lowest BCUT2D eigenvalue weighted by molar-refractivity contribution is -0.137. The lowest BCUT2D eigenvalue weighted by Gasteiger charge is -2.26. The van der Waals surface area contributed by atoms with Crippen LogP contribution in [0, 0.1) is 0 Å². The first-order valence-electron chi connectivity index (χ1n) is 6.16. The van der Waals surface area contributed by atoms with Crippen molar-refractivity contribution in [2.45, 2.75) is 11.1 Å². The third kappa shape index (κ3) is 5.52. The van der Waals surface area contributed by atoms with Gasteiger partial charge in [-0.2, -0.15) is 13.2 Å². The van der Waals surface area contributed by atoms with Crippen molar-refractivity contribution in [2.24, 2.45) is 0 Å². The average Bonchev–Trinajstić information content (AvgIpc) is 2.39. The van der Waals surface area contributed by atoms with Gasteiger partial charge in [0.15, 0.2) is 0 Å². The van der Waals surface area contributed by atoms with E-state index in [0.717, 1.165) is 44.7 Å². The first-order valence-corrected chi connectivity index (χ1v) is 7.14. The number of morpholine rings is 1. The molecule has 1 aliphatic rings. The molecule has 0 bridgehead atoms. The summed E-state index contributed by atoms with van der Waals surface area (Å²) in [5, 5.41) is 0. The van der Waals surface area contributed by atoms with E-state index in [-0.39, 0.29) is 12.4 Å². The number of thioether (sulfide) groups is 1. The highest BCUT2D eigenvalue weighted by Gasteiger charge is 2.30. The molecule has 1 fully saturated rings. The SMILES string of the molecule is Cl.FC(F)(F)c1cccc(SCCN2CCOCC2)c1. The quantitative estimate of drug-likeness (QED) is 0.785. The first kappa shape index (κ1) is 17.6. The summed E-state index contributed by atoms with van der Waals surface area (Å²) < 4.78 is 42.9. The third-order valence-electron chi connectivity index (χ3n) is 2.94. The molecule has 0 spiro atoms. The van der Waals surface area contributed by atoms with Gasteiger partial charge in [-0.15, -0.1) is 24.2 Å². The molecular formula is C13H17ClF3NOS. The van der Waals surface area contributed by atoms with Gasteiger partial charge in [-0.3, -0.25) is 4.90 Å². The zero-order valence-corrected chi connectivity index (χ0v) is 12.5. The Hall–Kier alpha value is -0.430. The van der Waals surface area contributed by atoms with Crippen LogP contribution < -0.4 is 0 Å². The van der Waals surface area contributed by atoms with Crippen LogP contribution in [-0.4, -0.2) is 43.5 Å². The number of rotatable bonds is 4. The van der Waals surface area contributed by atoms with Gasteiger partial charge in [0, 0.05) is 30.3 Å². The van der Waals surface area contributed by atoms with Gasteiger partial charge in [0.25, 0.3) is 0 Å². The van der Waals surface area contributed by atoms with Crippen molar-refractivity contribution < 1.29 is 17.9 Å². The van der Waals surface area contributed by atoms with Crippen LogP contribution in [-0.2, 0) is 10.9 Å². The zero-order valence-electron chi connectivity index (χ0n) is 10.9. The van der Waals surface area contributed by atoms with E-state index in [1.807, 2.05) is 0 Å². The standard InChI is InChI=1S/C13H16F3NOS.ClH/c14-13(15,16)11-2-1-3-12(10-11)19-9-6-17-4-7-18-8-5-17;/h1-3,10H,4-9H2;1H. The fourth-order valence-corrected chi connectivity index (χ4v) is 2.85. The van der Waals surface area contributed by atoms with E-state index < -0.39 is 11.7 Å². The van der Waals surface area contributed by atoms with Crippen LogP contribution in [0.25, 0.3) is 0 Å². The minimum absolute atomic E-state index is 0. The Balaban J connectivity index is 0.00000200. The highest BCUT2D eigenvalue weighted by atomic mass is 35.5. The predicted octanol–water partition coefficient (Wildman–Crippen LogP) is 3.55. The molecule has 0 saturated carbocycles. The fraction of sp³-hybridized carbons (Fsp3) is 0.538. The van der Waals surface area contributed by atoms with Crippen molar-refractivity contribution in [1.82, 2.24) is 4.90 Å². The lowest BCUT2D eigenvalue weighted by Crippen LogP contribution is -2.37. The fourth-order valence-electron chi connectivity index (χ4n) is 1.88. The molecule has 1 aliphatic heterocycles. The summed E-state index contributed by atoms with van der Waals surface area (Å²) in [6.45, 7) is 4.18. The van der Waals surface area contributed by atoms with Crippen molar-refractivity contribution in [2.75, 3.05) is 38.6 Å². The smallest absolute Gasteiger partial charge is 0.379 e. The molecule has 0 radical (unpaired) electrons. The molecule has 1 aromatic rings. The van der Waals surface area contributed by atoms with Gasteiger partial charge < -0.3 is 4.74 Å². The normalized spacial score (nSPS) is 16.8. The van der Waals surface area contributed by atoms with Gasteiger partial charge in [0.2, 0.25) is 0 Å². The number of benzene rings is 1. The van der Waals surface area contributed by atoms with Gasteiger partial charge in [0.05, 0.1) is 18.8 Å². The van der Waals surface area contributed by atoms with Gasteiger partial charge in [-0.05, 0) is 18.2 Å². The van der Waals surface area contributed by atoms with Crippen LogP contribution in [0.1, 0.15) is 5.56 Å². The van der Waals surface area contributed by atoms with Crippen molar-refractivity contribution in [3.8, 4) is 0 Å². The summed E-state index contributed by atoms with van der Waals surface area (Å²) >= 11 is 1.46. The first-order chi connectivity index (χ1) is 9.05. The van der Waals surface area contributed by atoms with E-state index in [2.05, 4.69) is 4.90 Å². The summed E-state index contributed by atoms with van der Waals surface area (Å²) in [6.07, 6.45) is -4.26. The van der Waals surface area contributed by atoms with Crippen LogP contribution in [0.4, 0.5) is 13.2 Å². The minimum atomic E-state index is -4.26. The van der Waals surface area contributed by atoms with Crippen LogP contribution in [0.5, 0.6) is 0 Å². The van der Waals surface area contributed by atoms with Crippen LogP contribution >= 0.6 is 24.2 Å². The van der Waals surface area contributed by atoms with Crippen molar-refractivity contribution in [3.05, 3.63) is 29.8 Å². The van der Waals surface area contributed by atoms with E-state index >= 15 is 0 Å². The number of hydrogen-bond acceptors (Lipinski definition) is 3. The second kappa shape index (κ2) is 8.12. The average molecular weight is 328 g/mol. The highest BCUT2D eigenvalue weighted by molar-refractivity contribution is 7.99. The number of halogens is 4. The topological polar surface area (TPSA) is 12.5 Å². The summed E-state index contributed by atoms with van der Waals surface area (Å²) in [7, 11) is 0. The Bertz CT molecular complexity index is 411. The van der Waals surface area contributed by atoms with Gasteiger partial charge in [-0.1, -0.05) is 6.07 Å². The van der Waals surface area contributed by atoms with Gasteiger partial charge in [0.1, 0.15) is 0 Å². The van der Waals surface area contributed by atoms with Crippen LogP contribution in [0.15, 0.2) is 29.2 Å². The van der Waals surface area contributed by atoms with Gasteiger partial charge in [-0.25, -0.2) is 0 Å². The summed E-state index contributed by atoms with van der Waals surface area (Å²) in [4.78, 5) is 2.94. The maximum Gasteiger partial charge on any atom is 0.416 e. The molecule has 0 aliphatic carbocycles. The van der Waals surface area contributed by atoms with E-state index in [1.54, 1.807) is 6.07 Å². The van der Waals surface area contributed by atoms with Crippen molar-refractivity contribution >= 4 is 24.2 Å². The molecular weight excluding hydrogens is 311 g/mol. The molecule has 20 heavy (non-hydrogen) atoms. The zero-order chi connectivity index (χ0) is 13.7. The Morgan fingerprint density at radius 1 is 1.20 bits per heavy atom. The minimum Gasteiger partial charge on any atom is -0.379 e. The Morgan fingerprint density at radius 2 is 1.90 bits per heavy atom. The Kier molecular flexibility index (Phi) is 7.15. The highest BCUT2D eigenvalue weighted by Crippen LogP contribution is 2.31. The van der Waals surface area contributed by atoms with E-state index in [9.17, 15) is 13.2 Å². The number of ether oxygens (including phenoxy) is 1. The summed E-state index contributed by atoms with van der Waals surface area (Å²) in [6, 6.07) is 5.50. The number of hydrogen-bond donors (Lipinski definition) is 0. The molecule has 1 aromatic carbocycles. The predicted molar refractivity (Wildman–Crippen MR) is 76.7 cm³/mol. The Morgan fingerprint density at radius 3 is 2.55 bits per heavy atom. The maximum atomic E-state index is 12.5. The number of nitrogens with zero attached hydrogens (tertiary/aromatic N) is 1. The van der Waals surface area contributed by atoms with Crippen molar-refractivity contribution in [1.29, 1.82) is 0 Å². The molecule has 114 valence electrons. The summed E-state index contributed by atoms with van der Waals surface area (Å²) in [5.41, 5.74) is -0.580. The molecule has 2 rings (SSSR count). The van der Waals surface area contributed by atoms with E-state index in [1.165, 1.54) is 23.9 Å². The van der Waals surface area contributed by atoms with E-state index in [0.29, 0.717) is 4.90 Å². The molecule has 7 heteroatoms. The van der Waals surface area contributed by atoms with E-state index in [4.69, 9.17) is 4.74 Å². The molecule has 0 unspecified atom stereocenters. The molecule has 0 aromatic heterocycles. The monoisotopic (exact) mass is 327 g/mol. The van der Waals surface area contributed by atoms with Crippen LogP contribution in [0.2, 0.25) is 0 Å². The molecule has 2 nitrogen and oxygen atoms in total. The number of alkyl halides is 3. The second-order valence-corrected chi connectivity index (χ2v) is 5.50.